The van der Waals surface area contributed by atoms with E-state index in [0.717, 1.165) is 39.0 Å². The van der Waals surface area contributed by atoms with Crippen molar-refractivity contribution in [3.8, 4) is 0 Å². The summed E-state index contributed by atoms with van der Waals surface area (Å²) in [4.78, 5) is 18.3. The molecule has 1 spiro atoms. The fourth-order valence-corrected chi connectivity index (χ4v) is 6.99. The maximum Gasteiger partial charge on any atom is 0.225 e. The monoisotopic (exact) mass is 467 g/mol. The molecule has 31 heavy (non-hydrogen) atoms. The molecule has 2 aliphatic carbocycles. The molecule has 174 valence electrons. The Bertz CT molecular complexity index is 719. The predicted molar refractivity (Wildman–Crippen MR) is 131 cm³/mol. The lowest BCUT2D eigenvalue weighted by atomic mass is 9.65. The van der Waals surface area contributed by atoms with Crippen LogP contribution >= 0.6 is 24.8 Å². The second kappa shape index (κ2) is 10.4. The summed E-state index contributed by atoms with van der Waals surface area (Å²) < 4.78 is 0. The first-order valence-electron chi connectivity index (χ1n) is 11.9. The van der Waals surface area contributed by atoms with E-state index >= 15 is 0 Å². The van der Waals surface area contributed by atoms with Gasteiger partial charge in [0, 0.05) is 43.6 Å². The first-order valence-corrected chi connectivity index (χ1v) is 11.9. The van der Waals surface area contributed by atoms with E-state index in [-0.39, 0.29) is 30.7 Å². The summed E-state index contributed by atoms with van der Waals surface area (Å²) in [5.74, 6) is 1.86. The second-order valence-electron chi connectivity index (χ2n) is 10.5. The normalized spacial score (nSPS) is 35.3. The zero-order valence-corrected chi connectivity index (χ0v) is 20.2. The summed E-state index contributed by atoms with van der Waals surface area (Å²) in [5, 5.41) is 0. The van der Waals surface area contributed by atoms with Crippen LogP contribution in [-0.2, 0) is 11.3 Å². The Hall–Kier alpha value is -0.810. The zero-order valence-electron chi connectivity index (χ0n) is 18.6. The summed E-state index contributed by atoms with van der Waals surface area (Å²) in [6.07, 6.45) is 9.59. The van der Waals surface area contributed by atoms with Crippen molar-refractivity contribution in [2.24, 2.45) is 28.9 Å². The average Bonchev–Trinajstić information content (AvgIpc) is 3.11. The number of benzene rings is 1. The highest BCUT2D eigenvalue weighted by atomic mass is 35.5. The molecule has 2 bridgehead atoms. The van der Waals surface area contributed by atoms with Crippen LogP contribution in [0, 0.1) is 23.2 Å². The van der Waals surface area contributed by atoms with Crippen molar-refractivity contribution >= 4 is 30.7 Å². The molecule has 1 amide bonds. The molecule has 1 aromatic carbocycles. The van der Waals surface area contributed by atoms with E-state index in [0.29, 0.717) is 29.2 Å². The lowest BCUT2D eigenvalue weighted by Gasteiger charge is -2.44. The Labute approximate surface area is 200 Å². The molecule has 4 nitrogen and oxygen atoms in total. The smallest absolute Gasteiger partial charge is 0.225 e. The standard InChI is InChI=1S/C25H37N3O.2ClH/c26-23-20-8-4-9-21(23)15-22(14-20)24(29)28-13-11-25(18-28)10-5-12-27(17-25)16-19-6-2-1-3-7-19;;/h1-3,6-7,20-23H,4-5,8-18,26H2;2*1H. The number of amides is 1. The van der Waals surface area contributed by atoms with E-state index < -0.39 is 0 Å². The van der Waals surface area contributed by atoms with Gasteiger partial charge in [0.05, 0.1) is 0 Å². The number of carbonyl (C=O) groups excluding carboxylic acids is 1. The van der Waals surface area contributed by atoms with Crippen molar-refractivity contribution in [2.75, 3.05) is 26.2 Å². The molecule has 2 saturated heterocycles. The number of piperidine rings is 1. The maximum absolute atomic E-state index is 13.4. The molecule has 2 saturated carbocycles. The SMILES string of the molecule is Cl.Cl.NC1C2CCCC1CC(C(=O)N1CCC3(CCCN(Cc4ccccc4)C3)C1)C2. The number of halogens is 2. The lowest BCUT2D eigenvalue weighted by Crippen LogP contribution is -2.50. The fourth-order valence-electron chi connectivity index (χ4n) is 6.99. The molecule has 4 fully saturated rings. The Morgan fingerprint density at radius 3 is 2.39 bits per heavy atom. The summed E-state index contributed by atoms with van der Waals surface area (Å²) >= 11 is 0. The van der Waals surface area contributed by atoms with Crippen molar-refractivity contribution in [3.05, 3.63) is 35.9 Å². The van der Waals surface area contributed by atoms with Crippen LogP contribution in [0.4, 0.5) is 0 Å². The third-order valence-electron chi connectivity index (χ3n) is 8.50. The number of likely N-dealkylation sites (tertiary alicyclic amines) is 2. The Kier molecular flexibility index (Phi) is 8.34. The van der Waals surface area contributed by atoms with Crippen LogP contribution in [0.3, 0.4) is 0 Å². The minimum Gasteiger partial charge on any atom is -0.342 e. The minimum absolute atomic E-state index is 0. The summed E-state index contributed by atoms with van der Waals surface area (Å²) in [6.45, 7) is 5.33. The molecule has 3 unspecified atom stereocenters. The van der Waals surface area contributed by atoms with Crippen molar-refractivity contribution in [2.45, 2.75) is 64.0 Å². The van der Waals surface area contributed by atoms with Crippen LogP contribution < -0.4 is 5.73 Å². The molecule has 1 aromatic rings. The van der Waals surface area contributed by atoms with Gasteiger partial charge >= 0.3 is 0 Å². The number of carbonyl (C=O) groups is 1. The molecule has 2 heterocycles. The number of hydrogen-bond acceptors (Lipinski definition) is 3. The fraction of sp³-hybridized carbons (Fsp3) is 0.720. The number of nitrogens with two attached hydrogens (primary N) is 1. The average molecular weight is 469 g/mol. The highest BCUT2D eigenvalue weighted by Gasteiger charge is 2.46. The van der Waals surface area contributed by atoms with Gasteiger partial charge in [-0.05, 0) is 68.9 Å². The topological polar surface area (TPSA) is 49.6 Å². The molecule has 5 rings (SSSR count). The van der Waals surface area contributed by atoms with Gasteiger partial charge in [-0.2, -0.15) is 0 Å². The third kappa shape index (κ3) is 5.24. The molecule has 0 aromatic heterocycles. The summed E-state index contributed by atoms with van der Waals surface area (Å²) in [6, 6.07) is 11.2. The van der Waals surface area contributed by atoms with E-state index in [1.807, 2.05) is 0 Å². The van der Waals surface area contributed by atoms with Crippen molar-refractivity contribution in [3.63, 3.8) is 0 Å². The molecular formula is C25H39Cl2N3O. The second-order valence-corrected chi connectivity index (χ2v) is 10.5. The highest BCUT2D eigenvalue weighted by Crippen LogP contribution is 2.44. The largest absolute Gasteiger partial charge is 0.342 e. The minimum atomic E-state index is 0. The van der Waals surface area contributed by atoms with E-state index in [4.69, 9.17) is 5.73 Å². The number of nitrogens with zero attached hydrogens (tertiary/aromatic N) is 2. The van der Waals surface area contributed by atoms with Gasteiger partial charge in [0.15, 0.2) is 0 Å². The molecule has 2 aliphatic heterocycles. The summed E-state index contributed by atoms with van der Waals surface area (Å²) in [7, 11) is 0. The zero-order chi connectivity index (χ0) is 19.8. The van der Waals surface area contributed by atoms with Gasteiger partial charge in [0.1, 0.15) is 0 Å². The predicted octanol–water partition coefficient (Wildman–Crippen LogP) is 4.50. The third-order valence-corrected chi connectivity index (χ3v) is 8.50. The molecular weight excluding hydrogens is 429 g/mol. The van der Waals surface area contributed by atoms with Gasteiger partial charge in [-0.1, -0.05) is 36.8 Å². The first-order chi connectivity index (χ1) is 14.1. The van der Waals surface area contributed by atoms with Gasteiger partial charge in [-0.25, -0.2) is 0 Å². The molecule has 4 aliphatic rings. The van der Waals surface area contributed by atoms with Crippen molar-refractivity contribution in [1.29, 1.82) is 0 Å². The van der Waals surface area contributed by atoms with E-state index in [1.165, 1.54) is 50.6 Å². The van der Waals surface area contributed by atoms with E-state index in [1.54, 1.807) is 0 Å². The number of rotatable bonds is 3. The number of hydrogen-bond donors (Lipinski definition) is 1. The van der Waals surface area contributed by atoms with Crippen LogP contribution in [0.5, 0.6) is 0 Å². The molecule has 0 radical (unpaired) electrons. The van der Waals surface area contributed by atoms with Gasteiger partial charge in [0.25, 0.3) is 0 Å². The quantitative estimate of drug-likeness (QED) is 0.711. The van der Waals surface area contributed by atoms with Crippen molar-refractivity contribution in [1.82, 2.24) is 9.80 Å². The van der Waals surface area contributed by atoms with Crippen LogP contribution in [0.2, 0.25) is 0 Å². The molecule has 3 atom stereocenters. The first kappa shape index (κ1) is 24.8. The highest BCUT2D eigenvalue weighted by molar-refractivity contribution is 5.85. The van der Waals surface area contributed by atoms with Gasteiger partial charge in [-0.3, -0.25) is 9.69 Å². The van der Waals surface area contributed by atoms with Crippen LogP contribution in [0.1, 0.15) is 56.9 Å². The Morgan fingerprint density at radius 1 is 0.968 bits per heavy atom. The van der Waals surface area contributed by atoms with Crippen LogP contribution in [-0.4, -0.2) is 47.9 Å². The molecule has 6 heteroatoms. The Morgan fingerprint density at radius 2 is 1.68 bits per heavy atom. The van der Waals surface area contributed by atoms with Crippen LogP contribution in [0.15, 0.2) is 30.3 Å². The van der Waals surface area contributed by atoms with Crippen LogP contribution in [0.25, 0.3) is 0 Å². The number of fused-ring (bicyclic) bond motifs is 2. The van der Waals surface area contributed by atoms with E-state index in [2.05, 4.69) is 40.1 Å². The molecule has 2 N–H and O–H groups in total. The van der Waals surface area contributed by atoms with Gasteiger partial charge < -0.3 is 10.6 Å². The van der Waals surface area contributed by atoms with E-state index in [9.17, 15) is 4.79 Å². The lowest BCUT2D eigenvalue weighted by molar-refractivity contribution is -0.138. The Balaban J connectivity index is 0.00000136. The van der Waals surface area contributed by atoms with Crippen molar-refractivity contribution < 1.29 is 4.79 Å². The van der Waals surface area contributed by atoms with Gasteiger partial charge in [0.2, 0.25) is 5.91 Å². The summed E-state index contributed by atoms with van der Waals surface area (Å²) in [5.41, 5.74) is 8.19. The van der Waals surface area contributed by atoms with Gasteiger partial charge in [-0.15, -0.1) is 24.8 Å². The maximum atomic E-state index is 13.4.